The molecule has 0 saturated heterocycles. The highest BCUT2D eigenvalue weighted by Crippen LogP contribution is 2.15. The third-order valence-electron chi connectivity index (χ3n) is 3.38. The number of alkyl carbamates (subject to hydrolysis) is 1. The van der Waals surface area contributed by atoms with Gasteiger partial charge in [0.2, 0.25) is 0 Å². The minimum atomic E-state index is -0.474. The number of nitrogens with one attached hydrogen (secondary N) is 1. The van der Waals surface area contributed by atoms with E-state index in [1.54, 1.807) is 13.0 Å². The standard InChI is InChI=1S/C18H19N3O4/c1-14-11-16(21(23)24)12-20-17(14)9-5-6-10-19-18(22)25-13-15-7-3-2-4-8-15/h2-5,7-9,11-12H,6,10,13H2,1H3,(H,19,22). The van der Waals surface area contributed by atoms with Crippen molar-refractivity contribution >= 4 is 17.9 Å². The van der Waals surface area contributed by atoms with Crippen LogP contribution < -0.4 is 5.32 Å². The Morgan fingerprint density at radius 2 is 2.12 bits per heavy atom. The highest BCUT2D eigenvalue weighted by Gasteiger charge is 2.07. The maximum absolute atomic E-state index is 11.6. The van der Waals surface area contributed by atoms with Crippen molar-refractivity contribution in [2.75, 3.05) is 6.54 Å². The molecule has 0 radical (unpaired) electrons. The van der Waals surface area contributed by atoms with E-state index in [2.05, 4.69) is 10.3 Å². The number of aryl methyl sites for hydroxylation is 1. The number of ether oxygens (including phenoxy) is 1. The number of hydrogen-bond acceptors (Lipinski definition) is 5. The Morgan fingerprint density at radius 1 is 1.36 bits per heavy atom. The Bertz CT molecular complexity index is 760. The molecule has 1 N–H and O–H groups in total. The number of aromatic nitrogens is 1. The number of hydrogen-bond donors (Lipinski definition) is 1. The number of carbonyl (C=O) groups excluding carboxylic acids is 1. The molecule has 1 heterocycles. The summed E-state index contributed by atoms with van der Waals surface area (Å²) < 4.78 is 5.10. The number of nitrogens with zero attached hydrogens (tertiary/aromatic N) is 2. The predicted octanol–water partition coefficient (Wildman–Crippen LogP) is 3.63. The molecule has 1 aromatic heterocycles. The lowest BCUT2D eigenvalue weighted by molar-refractivity contribution is -0.385. The van der Waals surface area contributed by atoms with Crippen molar-refractivity contribution < 1.29 is 14.5 Å². The molecule has 7 nitrogen and oxygen atoms in total. The molecule has 0 unspecified atom stereocenters. The summed E-state index contributed by atoms with van der Waals surface area (Å²) in [6.45, 7) is 2.42. The first-order valence-electron chi connectivity index (χ1n) is 7.78. The quantitative estimate of drug-likeness (QED) is 0.471. The second kappa shape index (κ2) is 9.17. The van der Waals surface area contributed by atoms with Crippen molar-refractivity contribution in [3.63, 3.8) is 0 Å². The molecule has 7 heteroatoms. The minimum absolute atomic E-state index is 0.0301. The fourth-order valence-corrected chi connectivity index (χ4v) is 2.07. The van der Waals surface area contributed by atoms with Crippen molar-refractivity contribution in [3.05, 3.63) is 75.6 Å². The Kier molecular flexibility index (Phi) is 6.65. The van der Waals surface area contributed by atoms with Gasteiger partial charge in [-0.25, -0.2) is 9.78 Å². The maximum atomic E-state index is 11.6. The number of amides is 1. The van der Waals surface area contributed by atoms with E-state index in [9.17, 15) is 14.9 Å². The molecule has 0 aliphatic carbocycles. The van der Waals surface area contributed by atoms with Crippen LogP contribution in [0, 0.1) is 17.0 Å². The highest BCUT2D eigenvalue weighted by atomic mass is 16.6. The largest absolute Gasteiger partial charge is 0.445 e. The lowest BCUT2D eigenvalue weighted by atomic mass is 10.2. The van der Waals surface area contributed by atoms with Crippen LogP contribution in [0.4, 0.5) is 10.5 Å². The molecule has 0 spiro atoms. The number of benzene rings is 1. The Morgan fingerprint density at radius 3 is 2.80 bits per heavy atom. The van der Waals surface area contributed by atoms with Gasteiger partial charge in [-0.05, 0) is 30.5 Å². The van der Waals surface area contributed by atoms with Gasteiger partial charge in [0.1, 0.15) is 12.8 Å². The fourth-order valence-electron chi connectivity index (χ4n) is 2.07. The zero-order valence-electron chi connectivity index (χ0n) is 13.8. The molecule has 2 aromatic rings. The average molecular weight is 341 g/mol. The Labute approximate surface area is 145 Å². The van der Waals surface area contributed by atoms with Crippen LogP contribution in [0.1, 0.15) is 23.2 Å². The van der Waals surface area contributed by atoms with E-state index < -0.39 is 11.0 Å². The smallest absolute Gasteiger partial charge is 0.407 e. The predicted molar refractivity (Wildman–Crippen MR) is 93.9 cm³/mol. The molecular formula is C18H19N3O4. The highest BCUT2D eigenvalue weighted by molar-refractivity contribution is 5.67. The van der Waals surface area contributed by atoms with Crippen molar-refractivity contribution in [3.8, 4) is 0 Å². The zero-order valence-corrected chi connectivity index (χ0v) is 13.8. The minimum Gasteiger partial charge on any atom is -0.445 e. The molecule has 0 aliphatic heterocycles. The summed E-state index contributed by atoms with van der Waals surface area (Å²) in [4.78, 5) is 25.8. The van der Waals surface area contributed by atoms with Crippen molar-refractivity contribution in [1.29, 1.82) is 0 Å². The van der Waals surface area contributed by atoms with Crippen molar-refractivity contribution in [2.45, 2.75) is 20.0 Å². The molecule has 130 valence electrons. The average Bonchev–Trinajstić information content (AvgIpc) is 2.61. The zero-order chi connectivity index (χ0) is 18.1. The number of rotatable bonds is 7. The first-order valence-corrected chi connectivity index (χ1v) is 7.78. The number of pyridine rings is 1. The van der Waals surface area contributed by atoms with E-state index in [-0.39, 0.29) is 12.3 Å². The van der Waals surface area contributed by atoms with E-state index in [1.165, 1.54) is 12.3 Å². The molecule has 1 amide bonds. The van der Waals surface area contributed by atoms with E-state index >= 15 is 0 Å². The van der Waals surface area contributed by atoms with Gasteiger partial charge in [0, 0.05) is 12.6 Å². The second-order valence-corrected chi connectivity index (χ2v) is 5.33. The molecule has 0 aliphatic rings. The van der Waals surface area contributed by atoms with Gasteiger partial charge in [0.25, 0.3) is 5.69 Å². The normalized spacial score (nSPS) is 10.6. The summed E-state index contributed by atoms with van der Waals surface area (Å²) >= 11 is 0. The monoisotopic (exact) mass is 341 g/mol. The third kappa shape index (κ3) is 6.06. The van der Waals surface area contributed by atoms with Crippen LogP contribution in [-0.2, 0) is 11.3 Å². The first kappa shape index (κ1) is 18.1. The lowest BCUT2D eigenvalue weighted by Gasteiger charge is -2.06. The van der Waals surface area contributed by atoms with E-state index in [1.807, 2.05) is 36.4 Å². The van der Waals surface area contributed by atoms with Crippen LogP contribution >= 0.6 is 0 Å². The Balaban J connectivity index is 1.71. The molecule has 1 aromatic carbocycles. The van der Waals surface area contributed by atoms with Crippen molar-refractivity contribution in [1.82, 2.24) is 10.3 Å². The van der Waals surface area contributed by atoms with Crippen LogP contribution in [0.5, 0.6) is 0 Å². The van der Waals surface area contributed by atoms with E-state index in [0.717, 1.165) is 11.1 Å². The summed E-state index contributed by atoms with van der Waals surface area (Å²) in [5, 5.41) is 13.3. The number of nitro groups is 1. The van der Waals surface area contributed by atoms with Gasteiger partial charge in [-0.1, -0.05) is 36.4 Å². The Hall–Kier alpha value is -3.22. The second-order valence-electron chi connectivity index (χ2n) is 5.33. The fraction of sp³-hybridized carbons (Fsp3) is 0.222. The molecule has 0 fully saturated rings. The van der Waals surface area contributed by atoms with Gasteiger partial charge in [-0.2, -0.15) is 0 Å². The molecule has 25 heavy (non-hydrogen) atoms. The maximum Gasteiger partial charge on any atom is 0.407 e. The lowest BCUT2D eigenvalue weighted by Crippen LogP contribution is -2.24. The third-order valence-corrected chi connectivity index (χ3v) is 3.38. The van der Waals surface area contributed by atoms with Gasteiger partial charge in [-0.3, -0.25) is 10.1 Å². The number of carbonyl (C=O) groups is 1. The summed E-state index contributed by atoms with van der Waals surface area (Å²) in [6.07, 6.45) is 4.97. The van der Waals surface area contributed by atoms with Crippen LogP contribution in [0.15, 0.2) is 48.7 Å². The van der Waals surface area contributed by atoms with Crippen molar-refractivity contribution in [2.24, 2.45) is 0 Å². The molecule has 0 saturated carbocycles. The molecule has 2 rings (SSSR count). The summed E-state index contributed by atoms with van der Waals surface area (Å²) in [6, 6.07) is 10.9. The SMILES string of the molecule is Cc1cc([N+](=O)[O-])cnc1C=CCCNC(=O)OCc1ccccc1. The van der Waals surface area contributed by atoms with Crippen LogP contribution in [-0.4, -0.2) is 22.5 Å². The van der Waals surface area contributed by atoms with E-state index in [4.69, 9.17) is 4.74 Å². The first-order chi connectivity index (χ1) is 12.1. The van der Waals surface area contributed by atoms with Gasteiger partial charge in [0.05, 0.1) is 10.6 Å². The van der Waals surface area contributed by atoms with Gasteiger partial charge in [0.15, 0.2) is 0 Å². The van der Waals surface area contributed by atoms with Crippen LogP contribution in [0.2, 0.25) is 0 Å². The van der Waals surface area contributed by atoms with Gasteiger partial charge in [-0.15, -0.1) is 0 Å². The molecular weight excluding hydrogens is 322 g/mol. The molecule has 0 atom stereocenters. The van der Waals surface area contributed by atoms with Gasteiger partial charge >= 0.3 is 6.09 Å². The van der Waals surface area contributed by atoms with Crippen LogP contribution in [0.25, 0.3) is 6.08 Å². The van der Waals surface area contributed by atoms with E-state index in [0.29, 0.717) is 18.7 Å². The summed E-state index contributed by atoms with van der Waals surface area (Å²) in [7, 11) is 0. The summed E-state index contributed by atoms with van der Waals surface area (Å²) in [5.41, 5.74) is 2.28. The van der Waals surface area contributed by atoms with Gasteiger partial charge < -0.3 is 10.1 Å². The molecule has 0 bridgehead atoms. The van der Waals surface area contributed by atoms with Crippen LogP contribution in [0.3, 0.4) is 0 Å². The summed E-state index contributed by atoms with van der Waals surface area (Å²) in [5.74, 6) is 0. The topological polar surface area (TPSA) is 94.4 Å².